The average Bonchev–Trinajstić information content (AvgIpc) is 2.88. The van der Waals surface area contributed by atoms with Crippen LogP contribution in [-0.2, 0) is 22.6 Å². The third-order valence-electron chi connectivity index (χ3n) is 5.21. The van der Waals surface area contributed by atoms with Gasteiger partial charge in [-0.2, -0.15) is 0 Å². The van der Waals surface area contributed by atoms with E-state index in [1.54, 1.807) is 25.1 Å². The van der Waals surface area contributed by atoms with Crippen molar-refractivity contribution < 1.29 is 28.1 Å². The normalized spacial score (nSPS) is 10.5. The standard InChI is InChI=1S/C30H27FO5/c1-2-33-30(32)16-14-22-13-15-29(28(31)19-22)34-21-23-17-26(35-24-9-5-3-6-10-24)20-27(18-23)36-25-11-7-4-8-12-25/h3-13,15,17-20H,2,14,16,21H2,1H3. The first-order valence-corrected chi connectivity index (χ1v) is 11.8. The summed E-state index contributed by atoms with van der Waals surface area (Å²) in [4.78, 5) is 11.6. The number of aryl methyl sites for hydroxylation is 1. The van der Waals surface area contributed by atoms with Gasteiger partial charge in [0.25, 0.3) is 0 Å². The summed E-state index contributed by atoms with van der Waals surface area (Å²) in [6, 6.07) is 29.0. The SMILES string of the molecule is CCOC(=O)CCc1ccc(OCc2cc(Oc3ccccc3)cc(Oc3ccccc3)c2)c(F)c1. The fraction of sp³-hybridized carbons (Fsp3) is 0.167. The van der Waals surface area contributed by atoms with Gasteiger partial charge < -0.3 is 18.9 Å². The van der Waals surface area contributed by atoms with Crippen LogP contribution in [0.5, 0.6) is 28.7 Å². The van der Waals surface area contributed by atoms with Crippen molar-refractivity contribution in [1.82, 2.24) is 0 Å². The number of rotatable bonds is 11. The molecule has 4 rings (SSSR count). The van der Waals surface area contributed by atoms with Crippen LogP contribution in [0.3, 0.4) is 0 Å². The Labute approximate surface area is 210 Å². The van der Waals surface area contributed by atoms with E-state index in [2.05, 4.69) is 0 Å². The van der Waals surface area contributed by atoms with E-state index in [1.165, 1.54) is 6.07 Å². The Kier molecular flexibility index (Phi) is 8.54. The van der Waals surface area contributed by atoms with Crippen LogP contribution < -0.4 is 14.2 Å². The third-order valence-corrected chi connectivity index (χ3v) is 5.21. The van der Waals surface area contributed by atoms with E-state index in [9.17, 15) is 9.18 Å². The van der Waals surface area contributed by atoms with Crippen molar-refractivity contribution in [2.45, 2.75) is 26.4 Å². The fourth-order valence-corrected chi connectivity index (χ4v) is 3.54. The fourth-order valence-electron chi connectivity index (χ4n) is 3.54. The first-order chi connectivity index (χ1) is 17.6. The molecule has 0 aromatic heterocycles. The van der Waals surface area contributed by atoms with Gasteiger partial charge in [-0.3, -0.25) is 4.79 Å². The molecular weight excluding hydrogens is 459 g/mol. The van der Waals surface area contributed by atoms with Gasteiger partial charge in [-0.05, 0) is 73.0 Å². The number of hydrogen-bond donors (Lipinski definition) is 0. The van der Waals surface area contributed by atoms with Crippen LogP contribution in [0.4, 0.5) is 4.39 Å². The Morgan fingerprint density at radius 3 is 1.89 bits per heavy atom. The van der Waals surface area contributed by atoms with Crippen molar-refractivity contribution in [3.8, 4) is 28.7 Å². The minimum Gasteiger partial charge on any atom is -0.486 e. The molecule has 0 heterocycles. The molecule has 0 aliphatic carbocycles. The quantitative estimate of drug-likeness (QED) is 0.206. The Bertz CT molecular complexity index is 1220. The summed E-state index contributed by atoms with van der Waals surface area (Å²) < 4.78 is 37.4. The van der Waals surface area contributed by atoms with E-state index < -0.39 is 5.82 Å². The summed E-state index contributed by atoms with van der Waals surface area (Å²) in [5, 5.41) is 0. The molecular formula is C30H27FO5. The molecule has 0 bridgehead atoms. The van der Waals surface area contributed by atoms with Gasteiger partial charge in [-0.15, -0.1) is 0 Å². The van der Waals surface area contributed by atoms with Gasteiger partial charge in [0.05, 0.1) is 6.61 Å². The predicted molar refractivity (Wildman–Crippen MR) is 135 cm³/mol. The average molecular weight is 487 g/mol. The molecule has 0 saturated carbocycles. The van der Waals surface area contributed by atoms with Crippen LogP contribution in [0.25, 0.3) is 0 Å². The minimum atomic E-state index is -0.492. The highest BCUT2D eigenvalue weighted by Crippen LogP contribution is 2.31. The molecule has 0 N–H and O–H groups in total. The van der Waals surface area contributed by atoms with Crippen LogP contribution in [-0.4, -0.2) is 12.6 Å². The van der Waals surface area contributed by atoms with Gasteiger partial charge in [-0.25, -0.2) is 4.39 Å². The predicted octanol–water partition coefficient (Wildman–Crippen LogP) is 7.49. The lowest BCUT2D eigenvalue weighted by Gasteiger charge is -2.13. The van der Waals surface area contributed by atoms with Crippen LogP contribution in [0.2, 0.25) is 0 Å². The summed E-state index contributed by atoms with van der Waals surface area (Å²) in [5.41, 5.74) is 1.45. The molecule has 0 amide bonds. The monoisotopic (exact) mass is 486 g/mol. The van der Waals surface area contributed by atoms with E-state index in [4.69, 9.17) is 18.9 Å². The molecule has 184 valence electrons. The molecule has 4 aromatic carbocycles. The lowest BCUT2D eigenvalue weighted by molar-refractivity contribution is -0.143. The second kappa shape index (κ2) is 12.4. The highest BCUT2D eigenvalue weighted by molar-refractivity contribution is 5.69. The van der Waals surface area contributed by atoms with Crippen molar-refractivity contribution in [2.75, 3.05) is 6.61 Å². The topological polar surface area (TPSA) is 54.0 Å². The molecule has 5 nitrogen and oxygen atoms in total. The third kappa shape index (κ3) is 7.34. The van der Waals surface area contributed by atoms with Crippen LogP contribution in [0, 0.1) is 5.82 Å². The molecule has 0 atom stereocenters. The van der Waals surface area contributed by atoms with Crippen molar-refractivity contribution in [3.05, 3.63) is 114 Å². The number of halogens is 1. The molecule has 4 aromatic rings. The number of ether oxygens (including phenoxy) is 4. The Morgan fingerprint density at radius 2 is 1.33 bits per heavy atom. The number of carbonyl (C=O) groups is 1. The summed E-state index contributed by atoms with van der Waals surface area (Å²) in [6.07, 6.45) is 0.598. The maximum Gasteiger partial charge on any atom is 0.306 e. The molecule has 0 radical (unpaired) electrons. The molecule has 0 aliphatic heterocycles. The lowest BCUT2D eigenvalue weighted by Crippen LogP contribution is -2.05. The zero-order chi connectivity index (χ0) is 25.2. The Morgan fingerprint density at radius 1 is 0.722 bits per heavy atom. The Hall–Kier alpha value is -4.32. The number of para-hydroxylation sites is 2. The number of carbonyl (C=O) groups excluding carboxylic acids is 1. The van der Waals surface area contributed by atoms with Crippen LogP contribution >= 0.6 is 0 Å². The van der Waals surface area contributed by atoms with Crippen molar-refractivity contribution in [3.63, 3.8) is 0 Å². The first-order valence-electron chi connectivity index (χ1n) is 11.8. The van der Waals surface area contributed by atoms with Gasteiger partial charge in [-0.1, -0.05) is 42.5 Å². The lowest BCUT2D eigenvalue weighted by atomic mass is 10.1. The summed E-state index contributed by atoms with van der Waals surface area (Å²) in [7, 11) is 0. The van der Waals surface area contributed by atoms with Crippen molar-refractivity contribution in [1.29, 1.82) is 0 Å². The maximum absolute atomic E-state index is 14.7. The van der Waals surface area contributed by atoms with Crippen molar-refractivity contribution in [2.24, 2.45) is 0 Å². The maximum atomic E-state index is 14.7. The first kappa shape index (κ1) is 24.8. The second-order valence-electron chi connectivity index (χ2n) is 8.00. The molecule has 0 aliphatic rings. The van der Waals surface area contributed by atoms with Crippen molar-refractivity contribution >= 4 is 5.97 Å². The van der Waals surface area contributed by atoms with Gasteiger partial charge in [0, 0.05) is 12.5 Å². The molecule has 0 fully saturated rings. The van der Waals surface area contributed by atoms with Gasteiger partial charge in [0.2, 0.25) is 0 Å². The molecule has 0 saturated heterocycles. The number of hydrogen-bond acceptors (Lipinski definition) is 5. The highest BCUT2D eigenvalue weighted by Gasteiger charge is 2.10. The van der Waals surface area contributed by atoms with Gasteiger partial charge in [0.1, 0.15) is 29.6 Å². The minimum absolute atomic E-state index is 0.107. The van der Waals surface area contributed by atoms with Crippen LogP contribution in [0.1, 0.15) is 24.5 Å². The van der Waals surface area contributed by atoms with E-state index in [0.29, 0.717) is 41.6 Å². The number of esters is 1. The van der Waals surface area contributed by atoms with E-state index in [-0.39, 0.29) is 24.7 Å². The zero-order valence-electron chi connectivity index (χ0n) is 20.0. The summed E-state index contributed by atoms with van der Waals surface area (Å²) >= 11 is 0. The van der Waals surface area contributed by atoms with Crippen LogP contribution in [0.15, 0.2) is 97.1 Å². The van der Waals surface area contributed by atoms with E-state index >= 15 is 0 Å². The van der Waals surface area contributed by atoms with Gasteiger partial charge in [0.15, 0.2) is 11.6 Å². The van der Waals surface area contributed by atoms with Gasteiger partial charge >= 0.3 is 5.97 Å². The molecule has 0 unspecified atom stereocenters. The highest BCUT2D eigenvalue weighted by atomic mass is 19.1. The number of benzene rings is 4. The van der Waals surface area contributed by atoms with E-state index in [1.807, 2.05) is 72.8 Å². The molecule has 0 spiro atoms. The summed E-state index contributed by atoms with van der Waals surface area (Å²) in [5.74, 6) is 1.84. The second-order valence-corrected chi connectivity index (χ2v) is 8.00. The largest absolute Gasteiger partial charge is 0.486 e. The smallest absolute Gasteiger partial charge is 0.306 e. The zero-order valence-corrected chi connectivity index (χ0v) is 20.0. The van der Waals surface area contributed by atoms with E-state index in [0.717, 1.165) is 5.56 Å². The summed E-state index contributed by atoms with van der Waals surface area (Å²) in [6.45, 7) is 2.19. The Balaban J connectivity index is 1.48. The molecule has 6 heteroatoms. The molecule has 36 heavy (non-hydrogen) atoms.